The molecule has 502 valence electrons. The van der Waals surface area contributed by atoms with E-state index in [-0.39, 0.29) is 60.9 Å². The molecule has 0 saturated carbocycles. The molecule has 0 aliphatic heterocycles. The summed E-state index contributed by atoms with van der Waals surface area (Å²) in [5, 5.41) is -1.22. The summed E-state index contributed by atoms with van der Waals surface area (Å²) in [6.07, 6.45) is -4.24. The van der Waals surface area contributed by atoms with E-state index in [1.165, 1.54) is 0 Å². The number of hydrogen-bond donors (Lipinski definition) is 0. The van der Waals surface area contributed by atoms with Crippen molar-refractivity contribution < 1.29 is 54.1 Å². The number of nitrogens with zero attached hydrogens (tertiary/aromatic N) is 1. The first-order valence-electron chi connectivity index (χ1n) is 32.1. The van der Waals surface area contributed by atoms with E-state index >= 15 is 0 Å². The molecule has 0 bridgehead atoms. The summed E-state index contributed by atoms with van der Waals surface area (Å²) in [7, 11) is -18.2. The molecule has 0 saturated heterocycles. The average molecular weight is 1330 g/mol. The maximum Gasteiger partial charge on any atom is 0.341 e. The third-order valence-corrected chi connectivity index (χ3v) is 52.8. The van der Waals surface area contributed by atoms with Crippen LogP contribution in [0.5, 0.6) is 0 Å². The Bertz CT molecular complexity index is 2530. The van der Waals surface area contributed by atoms with Crippen LogP contribution in [0.15, 0.2) is 21.0 Å². The highest BCUT2D eigenvalue weighted by Crippen LogP contribution is 2.50. The van der Waals surface area contributed by atoms with Gasteiger partial charge in [0.15, 0.2) is 58.2 Å². The lowest BCUT2D eigenvalue weighted by Gasteiger charge is -2.49. The van der Waals surface area contributed by atoms with Gasteiger partial charge in [0.25, 0.3) is 0 Å². The van der Waals surface area contributed by atoms with E-state index < -0.39 is 101 Å². The summed E-state index contributed by atoms with van der Waals surface area (Å²) in [4.78, 5) is 30.3. The highest BCUT2D eigenvalue weighted by atomic mass is 28.4. The Hall–Kier alpha value is -1.26. The van der Waals surface area contributed by atoms with E-state index in [9.17, 15) is 9.59 Å². The van der Waals surface area contributed by atoms with E-state index in [4.69, 9.17) is 44.6 Å². The second-order valence-corrected chi connectivity index (χ2v) is 69.0. The minimum absolute atomic E-state index is 0.0489. The first-order valence-corrected chi connectivity index (χ1v) is 52.5. The van der Waals surface area contributed by atoms with Crippen molar-refractivity contribution in [3.05, 3.63) is 46.3 Å². The number of ether oxygens (including phenoxy) is 1. The molecule has 0 unspecified atom stereocenters. The largest absolute Gasteiger partial charge is 0.463 e. The standard InChI is InChI=1S/C66H133NO12Si7/c1-40-70-59(69)50-42-52(73-47(50)3)56(77-84(34,35)64(17,18)19)57(78-85(36,37)65(20,21)22)53(74-81(28,29)61(8,9)10)44-67(48(4)68)43-49-41-51(72-46(49)2)55(76-83(32,33)63(14,15)16)58(79-86(38,39)66(23,24)25)54(75-82(30,31)62(11,12)13)45-71-80(26,27)60(5,6)7/h41-42,53-58H,40,43-45H2,1-39H3/t53-,54-,55-,56-,57-,58-/m1/s1. The second kappa shape index (κ2) is 27.7. The predicted octanol–water partition coefficient (Wildman–Crippen LogP) is 20.4. The topological polar surface area (TPSA) is 138 Å². The zero-order chi connectivity index (χ0) is 68.0. The number of carbonyl (C=O) groups excluding carboxylic acids is 2. The molecule has 0 aliphatic rings. The van der Waals surface area contributed by atoms with Crippen molar-refractivity contribution in [2.45, 2.75) is 343 Å². The van der Waals surface area contributed by atoms with Crippen molar-refractivity contribution in [3.8, 4) is 0 Å². The quantitative estimate of drug-likeness (QED) is 0.0622. The number of hydrogen-bond acceptors (Lipinski definition) is 12. The van der Waals surface area contributed by atoms with Crippen LogP contribution in [0.1, 0.15) is 210 Å². The van der Waals surface area contributed by atoms with Crippen LogP contribution in [-0.2, 0) is 47.1 Å². The van der Waals surface area contributed by atoms with Gasteiger partial charge in [0.2, 0.25) is 5.91 Å². The molecule has 0 radical (unpaired) electrons. The van der Waals surface area contributed by atoms with Crippen molar-refractivity contribution in [1.29, 1.82) is 0 Å². The number of amides is 1. The minimum Gasteiger partial charge on any atom is -0.463 e. The Labute approximate surface area is 535 Å². The number of aryl methyl sites for hydroxylation is 2. The SMILES string of the molecule is CCOC(=O)c1cc([C@@H](O[Si](C)(C)C(C)(C)C)[C@H](O[Si](C)(C)C(C)(C)C)[C@@H](CN(Cc2cc([C@@H](O[Si](C)(C)C(C)(C)C)[C@H](O[Si](C)(C)C(C)(C)C)[C@@H](CO[Si](C)(C)C(C)(C)C)O[Si](C)(C)C(C)(C)C)oc2C)C(C)=O)O[Si](C)(C)C(C)(C)C)oc1C. The molecule has 0 N–H and O–H groups in total. The number of rotatable bonds is 27. The van der Waals surface area contributed by atoms with Crippen LogP contribution in [0.3, 0.4) is 0 Å². The molecule has 6 atom stereocenters. The van der Waals surface area contributed by atoms with Crippen LogP contribution in [0.25, 0.3) is 0 Å². The predicted molar refractivity (Wildman–Crippen MR) is 377 cm³/mol. The molecule has 20 heteroatoms. The van der Waals surface area contributed by atoms with Crippen LogP contribution in [0.4, 0.5) is 0 Å². The van der Waals surface area contributed by atoms with Gasteiger partial charge in [-0.1, -0.05) is 145 Å². The van der Waals surface area contributed by atoms with Crippen molar-refractivity contribution in [1.82, 2.24) is 4.90 Å². The fourth-order valence-corrected chi connectivity index (χ4v) is 16.7. The molecular formula is C66H133NO12Si7. The van der Waals surface area contributed by atoms with Gasteiger partial charge in [-0.05, 0) is 160 Å². The smallest absolute Gasteiger partial charge is 0.341 e. The Morgan fingerprint density at radius 1 is 0.453 bits per heavy atom. The summed E-state index contributed by atoms with van der Waals surface area (Å²) in [5.74, 6) is 1.59. The Kier molecular flexibility index (Phi) is 26.1. The normalized spacial score (nSPS) is 16.9. The van der Waals surface area contributed by atoms with Gasteiger partial charge in [-0.3, -0.25) is 4.79 Å². The zero-order valence-corrected chi connectivity index (χ0v) is 69.8. The Morgan fingerprint density at radius 3 is 1.12 bits per heavy atom. The van der Waals surface area contributed by atoms with Crippen molar-refractivity contribution in [3.63, 3.8) is 0 Å². The second-order valence-electron chi connectivity index (χ2n) is 35.7. The van der Waals surface area contributed by atoms with Crippen molar-refractivity contribution in [2.24, 2.45) is 0 Å². The average Bonchev–Trinajstić information content (AvgIpc) is 1.67. The first kappa shape index (κ1) is 80.8. The molecule has 2 rings (SSSR count). The van der Waals surface area contributed by atoms with Gasteiger partial charge in [0.05, 0.1) is 25.4 Å². The van der Waals surface area contributed by atoms with Gasteiger partial charge in [-0.25, -0.2) is 4.79 Å². The fraction of sp³-hybridized carbons (Fsp3) is 0.848. The summed E-state index contributed by atoms with van der Waals surface area (Å²) in [6.45, 7) is 87.4. The third kappa shape index (κ3) is 20.4. The molecule has 86 heavy (non-hydrogen) atoms. The van der Waals surface area contributed by atoms with E-state index in [2.05, 4.69) is 243 Å². The molecule has 0 aliphatic carbocycles. The van der Waals surface area contributed by atoms with Gasteiger partial charge in [0.1, 0.15) is 53.0 Å². The lowest BCUT2D eigenvalue weighted by atomic mass is 10.0. The van der Waals surface area contributed by atoms with Crippen molar-refractivity contribution >= 4 is 70.1 Å². The third-order valence-electron chi connectivity index (χ3n) is 21.4. The van der Waals surface area contributed by atoms with E-state index in [0.29, 0.717) is 35.2 Å². The molecule has 1 amide bonds. The number of carbonyl (C=O) groups is 2. The number of esters is 1. The van der Waals surface area contributed by atoms with Crippen LogP contribution in [0, 0.1) is 13.8 Å². The van der Waals surface area contributed by atoms with Crippen LogP contribution < -0.4 is 0 Å². The maximum absolute atomic E-state index is 14.8. The zero-order valence-electron chi connectivity index (χ0n) is 62.8. The molecule has 2 aromatic rings. The highest BCUT2D eigenvalue weighted by Gasteiger charge is 2.54. The number of furan rings is 2. The molecule has 0 spiro atoms. The van der Waals surface area contributed by atoms with Crippen LogP contribution in [0.2, 0.25) is 127 Å². The molecule has 2 heterocycles. The molecule has 0 fully saturated rings. The van der Waals surface area contributed by atoms with Gasteiger partial charge >= 0.3 is 5.97 Å². The minimum atomic E-state index is -2.73. The monoisotopic (exact) mass is 1330 g/mol. The van der Waals surface area contributed by atoms with Crippen molar-refractivity contribution in [2.75, 3.05) is 19.8 Å². The Morgan fingerprint density at radius 2 is 0.767 bits per heavy atom. The van der Waals surface area contributed by atoms with Crippen LogP contribution in [-0.4, -0.2) is 119 Å². The molecule has 13 nitrogen and oxygen atoms in total. The van der Waals surface area contributed by atoms with Gasteiger partial charge in [0, 0.05) is 25.6 Å². The lowest BCUT2D eigenvalue weighted by Crippen LogP contribution is -2.58. The summed E-state index contributed by atoms with van der Waals surface area (Å²) in [6, 6.07) is 3.89. The molecule has 2 aromatic heterocycles. The molecule has 0 aromatic carbocycles. The highest BCUT2D eigenvalue weighted by molar-refractivity contribution is 6.77. The fourth-order valence-electron chi connectivity index (χ4n) is 7.91. The molecular weight excluding hydrogens is 1200 g/mol. The van der Waals surface area contributed by atoms with E-state index in [0.717, 1.165) is 5.56 Å². The lowest BCUT2D eigenvalue weighted by molar-refractivity contribution is -0.133. The summed E-state index contributed by atoms with van der Waals surface area (Å²) < 4.78 is 73.3. The van der Waals surface area contributed by atoms with E-state index in [1.807, 2.05) is 11.8 Å². The summed E-state index contributed by atoms with van der Waals surface area (Å²) in [5.41, 5.74) is 1.18. The first-order chi connectivity index (χ1) is 37.8. The van der Waals surface area contributed by atoms with E-state index in [1.54, 1.807) is 26.8 Å². The van der Waals surface area contributed by atoms with Gasteiger partial charge in [-0.2, -0.15) is 0 Å². The van der Waals surface area contributed by atoms with Gasteiger partial charge < -0.3 is 49.5 Å². The Balaban J connectivity index is 3.33. The van der Waals surface area contributed by atoms with Crippen LogP contribution >= 0.6 is 0 Å². The summed E-state index contributed by atoms with van der Waals surface area (Å²) >= 11 is 0. The maximum atomic E-state index is 14.8. The van der Waals surface area contributed by atoms with Gasteiger partial charge in [-0.15, -0.1) is 0 Å².